The molecule has 2 aromatic heterocycles. The molecule has 2 fully saturated rings. The number of carbonyl (C=O) groups is 2. The second-order valence-electron chi connectivity index (χ2n) is 8.29. The van der Waals surface area contributed by atoms with Crippen molar-refractivity contribution in [1.29, 1.82) is 0 Å². The zero-order valence-electron chi connectivity index (χ0n) is 17.8. The summed E-state index contributed by atoms with van der Waals surface area (Å²) < 4.78 is 10.5. The van der Waals surface area contributed by atoms with E-state index in [1.807, 2.05) is 13.0 Å². The third-order valence-electron chi connectivity index (χ3n) is 5.87. The first-order valence-corrected chi connectivity index (χ1v) is 10.7. The van der Waals surface area contributed by atoms with Crippen LogP contribution in [0.2, 0.25) is 0 Å². The predicted molar refractivity (Wildman–Crippen MR) is 112 cm³/mol. The number of methoxy groups -OCH3 is 1. The van der Waals surface area contributed by atoms with Crippen molar-refractivity contribution in [1.82, 2.24) is 25.5 Å². The molecule has 166 valence electrons. The van der Waals surface area contributed by atoms with Crippen LogP contribution in [-0.4, -0.2) is 51.4 Å². The van der Waals surface area contributed by atoms with E-state index in [1.165, 1.54) is 32.3 Å². The maximum atomic E-state index is 12.3. The summed E-state index contributed by atoms with van der Waals surface area (Å²) in [5.74, 6) is 1.44. The molecule has 2 aliphatic carbocycles. The number of aromatic amines is 1. The Morgan fingerprint density at radius 2 is 2.06 bits per heavy atom. The molecule has 2 heterocycles. The van der Waals surface area contributed by atoms with Gasteiger partial charge in [-0.1, -0.05) is 0 Å². The molecule has 0 aliphatic heterocycles. The van der Waals surface area contributed by atoms with Crippen molar-refractivity contribution < 1.29 is 19.1 Å². The Morgan fingerprint density at radius 1 is 1.23 bits per heavy atom. The van der Waals surface area contributed by atoms with Gasteiger partial charge < -0.3 is 20.1 Å². The fourth-order valence-electron chi connectivity index (χ4n) is 3.92. The SMILES string of the molecule is COc1cnc(CC(=O)Nc2cc([C@H]3CC[C@@H](OC(=O)N[C@@H](C)C4CC4)C3)[nH]n2)cn1. The van der Waals surface area contributed by atoms with Gasteiger partial charge in [-0.25, -0.2) is 9.78 Å². The summed E-state index contributed by atoms with van der Waals surface area (Å²) in [6.07, 6.45) is 7.44. The maximum absolute atomic E-state index is 12.3. The normalized spacial score (nSPS) is 21.4. The van der Waals surface area contributed by atoms with Crippen LogP contribution in [0.4, 0.5) is 10.6 Å². The van der Waals surface area contributed by atoms with Crippen molar-refractivity contribution in [2.45, 2.75) is 63.5 Å². The number of carbonyl (C=O) groups excluding carboxylic acids is 2. The van der Waals surface area contributed by atoms with Crippen LogP contribution in [0.3, 0.4) is 0 Å². The molecule has 3 atom stereocenters. The lowest BCUT2D eigenvalue weighted by molar-refractivity contribution is -0.115. The molecule has 0 unspecified atom stereocenters. The molecule has 10 nitrogen and oxygen atoms in total. The summed E-state index contributed by atoms with van der Waals surface area (Å²) in [5.41, 5.74) is 1.47. The number of anilines is 1. The van der Waals surface area contributed by atoms with Crippen molar-refractivity contribution in [2.24, 2.45) is 5.92 Å². The highest BCUT2D eigenvalue weighted by molar-refractivity contribution is 5.91. The Labute approximate surface area is 180 Å². The number of H-pyrrole nitrogens is 1. The van der Waals surface area contributed by atoms with E-state index < -0.39 is 0 Å². The Hall–Kier alpha value is -3.17. The van der Waals surface area contributed by atoms with Gasteiger partial charge in [0.2, 0.25) is 11.8 Å². The number of ether oxygens (including phenoxy) is 2. The lowest BCUT2D eigenvalue weighted by Crippen LogP contribution is -2.36. The summed E-state index contributed by atoms with van der Waals surface area (Å²) >= 11 is 0. The number of nitrogens with one attached hydrogen (secondary N) is 3. The molecule has 0 bridgehead atoms. The van der Waals surface area contributed by atoms with E-state index >= 15 is 0 Å². The molecule has 2 amide bonds. The van der Waals surface area contributed by atoms with Gasteiger partial charge in [0.1, 0.15) is 6.10 Å². The monoisotopic (exact) mass is 428 g/mol. The minimum Gasteiger partial charge on any atom is -0.480 e. The van der Waals surface area contributed by atoms with Gasteiger partial charge in [0.25, 0.3) is 0 Å². The van der Waals surface area contributed by atoms with Crippen LogP contribution < -0.4 is 15.4 Å². The molecule has 10 heteroatoms. The van der Waals surface area contributed by atoms with Gasteiger partial charge >= 0.3 is 6.09 Å². The summed E-state index contributed by atoms with van der Waals surface area (Å²) in [4.78, 5) is 32.5. The quantitative estimate of drug-likeness (QED) is 0.589. The lowest BCUT2D eigenvalue weighted by atomic mass is 10.0. The summed E-state index contributed by atoms with van der Waals surface area (Å²) in [7, 11) is 1.51. The van der Waals surface area contributed by atoms with Crippen molar-refractivity contribution in [3.8, 4) is 5.88 Å². The van der Waals surface area contributed by atoms with Crippen LogP contribution in [0.15, 0.2) is 18.5 Å². The topological polar surface area (TPSA) is 131 Å². The number of aromatic nitrogens is 4. The molecule has 0 saturated heterocycles. The molecular weight excluding hydrogens is 400 g/mol. The molecule has 31 heavy (non-hydrogen) atoms. The summed E-state index contributed by atoms with van der Waals surface area (Å²) in [5, 5.41) is 12.9. The number of amides is 2. The third kappa shape index (κ3) is 5.71. The van der Waals surface area contributed by atoms with Gasteiger partial charge in [0, 0.05) is 23.7 Å². The largest absolute Gasteiger partial charge is 0.480 e. The molecular formula is C21H28N6O4. The third-order valence-corrected chi connectivity index (χ3v) is 5.87. The average molecular weight is 428 g/mol. The number of hydrogen-bond donors (Lipinski definition) is 3. The zero-order valence-corrected chi connectivity index (χ0v) is 17.8. The smallest absolute Gasteiger partial charge is 0.407 e. The van der Waals surface area contributed by atoms with Crippen molar-refractivity contribution in [3.63, 3.8) is 0 Å². The van der Waals surface area contributed by atoms with Crippen molar-refractivity contribution in [3.05, 3.63) is 29.8 Å². The lowest BCUT2D eigenvalue weighted by Gasteiger charge is -2.16. The first kappa shape index (κ1) is 21.1. The molecule has 0 radical (unpaired) electrons. The fourth-order valence-corrected chi connectivity index (χ4v) is 3.92. The van der Waals surface area contributed by atoms with E-state index in [4.69, 9.17) is 9.47 Å². The van der Waals surface area contributed by atoms with Gasteiger partial charge in [-0.2, -0.15) is 5.10 Å². The fraction of sp³-hybridized carbons (Fsp3) is 0.571. The molecule has 3 N–H and O–H groups in total. The van der Waals surface area contributed by atoms with Crippen molar-refractivity contribution in [2.75, 3.05) is 12.4 Å². The Balaban J connectivity index is 1.23. The van der Waals surface area contributed by atoms with E-state index in [-0.39, 0.29) is 36.5 Å². The predicted octanol–water partition coefficient (Wildman–Crippen LogP) is 2.55. The Morgan fingerprint density at radius 3 is 2.77 bits per heavy atom. The van der Waals surface area contributed by atoms with Gasteiger partial charge in [-0.15, -0.1) is 0 Å². The van der Waals surface area contributed by atoms with Gasteiger partial charge in [-0.05, 0) is 44.9 Å². The second kappa shape index (κ2) is 9.32. The Bertz CT molecular complexity index is 911. The number of alkyl carbamates (subject to hydrolysis) is 1. The van der Waals surface area contributed by atoms with Gasteiger partial charge in [-0.3, -0.25) is 14.9 Å². The maximum Gasteiger partial charge on any atom is 0.407 e. The van der Waals surface area contributed by atoms with E-state index in [9.17, 15) is 9.59 Å². The highest BCUT2D eigenvalue weighted by Gasteiger charge is 2.32. The molecule has 0 aromatic carbocycles. The summed E-state index contributed by atoms with van der Waals surface area (Å²) in [6, 6.07) is 2.01. The van der Waals surface area contributed by atoms with Crippen molar-refractivity contribution >= 4 is 17.8 Å². The minimum absolute atomic E-state index is 0.0902. The van der Waals surface area contributed by atoms with Crippen LogP contribution in [-0.2, 0) is 16.0 Å². The van der Waals surface area contributed by atoms with Crippen LogP contribution in [0.5, 0.6) is 5.88 Å². The van der Waals surface area contributed by atoms with E-state index in [0.29, 0.717) is 23.3 Å². The van der Waals surface area contributed by atoms with Crippen LogP contribution >= 0.6 is 0 Å². The molecule has 2 aromatic rings. The van der Waals surface area contributed by atoms with Crippen LogP contribution in [0.25, 0.3) is 0 Å². The molecule has 2 aliphatic rings. The average Bonchev–Trinajstić information content (AvgIpc) is 3.34. The molecule has 4 rings (SSSR count). The van der Waals surface area contributed by atoms with E-state index in [1.54, 1.807) is 0 Å². The zero-order chi connectivity index (χ0) is 21.8. The number of hydrogen-bond acceptors (Lipinski definition) is 7. The van der Waals surface area contributed by atoms with E-state index in [0.717, 1.165) is 25.0 Å². The first-order chi connectivity index (χ1) is 15.0. The highest BCUT2D eigenvalue weighted by atomic mass is 16.6. The number of nitrogens with zero attached hydrogens (tertiary/aromatic N) is 3. The Kier molecular flexibility index (Phi) is 6.34. The summed E-state index contributed by atoms with van der Waals surface area (Å²) in [6.45, 7) is 2.03. The standard InChI is InChI=1S/C21H28N6O4/c1-12(13-3-4-13)24-21(29)31-16-6-5-14(7-16)17-9-18(27-26-17)25-19(28)8-15-10-23-20(30-2)11-22-15/h9-14,16H,3-8H2,1-2H3,(H,24,29)(H2,25,26,27,28)/t12-,14-,16+/m0/s1. The van der Waals surface area contributed by atoms with Gasteiger partial charge in [0.05, 0.1) is 31.6 Å². The minimum atomic E-state index is -0.329. The van der Waals surface area contributed by atoms with E-state index in [2.05, 4.69) is 30.8 Å². The molecule has 2 saturated carbocycles. The molecule has 0 spiro atoms. The van der Waals surface area contributed by atoms with Crippen LogP contribution in [0.1, 0.15) is 56.3 Å². The second-order valence-corrected chi connectivity index (χ2v) is 8.29. The first-order valence-electron chi connectivity index (χ1n) is 10.7. The number of rotatable bonds is 8. The highest BCUT2D eigenvalue weighted by Crippen LogP contribution is 2.36. The van der Waals surface area contributed by atoms with Crippen LogP contribution in [0, 0.1) is 5.92 Å². The van der Waals surface area contributed by atoms with Gasteiger partial charge in [0.15, 0.2) is 5.82 Å².